The van der Waals surface area contributed by atoms with Crippen molar-refractivity contribution in [1.82, 2.24) is 10.1 Å². The summed E-state index contributed by atoms with van der Waals surface area (Å²) in [7, 11) is 0. The maximum Gasteiger partial charge on any atom is 0.332 e. The Kier molecular flexibility index (Phi) is 5.14. The molecule has 1 unspecified atom stereocenters. The summed E-state index contributed by atoms with van der Waals surface area (Å²) in [5.41, 5.74) is 3.85. The lowest BCUT2D eigenvalue weighted by Gasteiger charge is -2.04. The lowest BCUT2D eigenvalue weighted by atomic mass is 10.0. The topological polar surface area (TPSA) is 110 Å². The number of carbonyl (C=O) groups is 1. The molecule has 0 bridgehead atoms. The lowest BCUT2D eigenvalue weighted by Crippen LogP contribution is -2.21. The highest BCUT2D eigenvalue weighted by atomic mass is 16.5. The van der Waals surface area contributed by atoms with Crippen LogP contribution in [0.2, 0.25) is 0 Å². The minimum absolute atomic E-state index is 0.0156. The number of nitrogens with zero attached hydrogens (tertiary/aromatic N) is 2. The van der Waals surface area contributed by atoms with E-state index in [9.17, 15) is 9.90 Å². The van der Waals surface area contributed by atoms with Crippen LogP contribution in [0.3, 0.4) is 0 Å². The van der Waals surface area contributed by atoms with Gasteiger partial charge in [0.05, 0.1) is 11.4 Å². The second kappa shape index (κ2) is 7.89. The summed E-state index contributed by atoms with van der Waals surface area (Å²) in [6.07, 6.45) is -0.139. The van der Waals surface area contributed by atoms with Crippen LogP contribution >= 0.6 is 0 Å². The summed E-state index contributed by atoms with van der Waals surface area (Å²) < 4.78 is 11.2. The molecule has 2 aromatic carbocycles. The SMILES string of the molecule is Cc1oc(-c2ccccc2)nc1CCc1noc2cc(CC(O)C(=O)O)ccc12. The molecule has 0 spiro atoms. The molecule has 2 N–H and O–H groups in total. The van der Waals surface area contributed by atoms with E-state index in [1.165, 1.54) is 0 Å². The molecular formula is C22H20N2O5. The zero-order valence-electron chi connectivity index (χ0n) is 15.8. The van der Waals surface area contributed by atoms with E-state index in [4.69, 9.17) is 14.0 Å². The van der Waals surface area contributed by atoms with Crippen molar-refractivity contribution in [3.05, 3.63) is 71.2 Å². The van der Waals surface area contributed by atoms with Gasteiger partial charge in [0.2, 0.25) is 5.89 Å². The maximum absolute atomic E-state index is 10.8. The van der Waals surface area contributed by atoms with Gasteiger partial charge in [-0.15, -0.1) is 0 Å². The van der Waals surface area contributed by atoms with E-state index in [0.717, 1.165) is 28.1 Å². The minimum atomic E-state index is -1.44. The van der Waals surface area contributed by atoms with E-state index >= 15 is 0 Å². The largest absolute Gasteiger partial charge is 0.479 e. The van der Waals surface area contributed by atoms with Crippen LogP contribution in [0.15, 0.2) is 57.5 Å². The number of carboxylic acid groups (broad SMARTS) is 1. The van der Waals surface area contributed by atoms with Gasteiger partial charge in [-0.1, -0.05) is 29.4 Å². The monoisotopic (exact) mass is 392 g/mol. The number of fused-ring (bicyclic) bond motifs is 1. The van der Waals surface area contributed by atoms with Crippen LogP contribution in [0.25, 0.3) is 22.4 Å². The Bertz CT molecular complexity index is 1150. The first-order valence-corrected chi connectivity index (χ1v) is 9.31. The first-order chi connectivity index (χ1) is 14.0. The first kappa shape index (κ1) is 18.9. The molecule has 29 heavy (non-hydrogen) atoms. The highest BCUT2D eigenvalue weighted by molar-refractivity contribution is 5.80. The number of benzene rings is 2. The molecule has 0 aliphatic heterocycles. The summed E-state index contributed by atoms with van der Waals surface area (Å²) in [6, 6.07) is 15.1. The minimum Gasteiger partial charge on any atom is -0.479 e. The van der Waals surface area contributed by atoms with E-state index in [-0.39, 0.29) is 6.42 Å². The Labute approximate surface area is 166 Å². The third-order valence-corrected chi connectivity index (χ3v) is 4.84. The summed E-state index contributed by atoms with van der Waals surface area (Å²) in [5.74, 6) is 0.132. The second-order valence-corrected chi connectivity index (χ2v) is 6.91. The van der Waals surface area contributed by atoms with E-state index < -0.39 is 12.1 Å². The average molecular weight is 392 g/mol. The second-order valence-electron chi connectivity index (χ2n) is 6.91. The molecule has 0 aliphatic carbocycles. The molecule has 148 valence electrons. The Morgan fingerprint density at radius 1 is 1.10 bits per heavy atom. The Morgan fingerprint density at radius 3 is 2.62 bits per heavy atom. The van der Waals surface area contributed by atoms with Crippen molar-refractivity contribution in [3.8, 4) is 11.5 Å². The number of rotatable bonds is 7. The molecule has 0 saturated carbocycles. The zero-order valence-corrected chi connectivity index (χ0v) is 15.8. The maximum atomic E-state index is 10.8. The van der Waals surface area contributed by atoms with Crippen molar-refractivity contribution >= 4 is 16.9 Å². The Morgan fingerprint density at radius 2 is 1.86 bits per heavy atom. The fourth-order valence-electron chi connectivity index (χ4n) is 3.25. The Balaban J connectivity index is 1.49. The van der Waals surface area contributed by atoms with Crippen LogP contribution in [0, 0.1) is 6.92 Å². The lowest BCUT2D eigenvalue weighted by molar-refractivity contribution is -0.146. The average Bonchev–Trinajstić information content (AvgIpc) is 3.29. The van der Waals surface area contributed by atoms with E-state index in [1.54, 1.807) is 12.1 Å². The number of aliphatic hydroxyl groups excluding tert-OH is 1. The van der Waals surface area contributed by atoms with Gasteiger partial charge in [0, 0.05) is 17.4 Å². The van der Waals surface area contributed by atoms with Crippen LogP contribution in [-0.4, -0.2) is 32.4 Å². The molecular weight excluding hydrogens is 372 g/mol. The van der Waals surface area contributed by atoms with Gasteiger partial charge >= 0.3 is 5.97 Å². The molecule has 4 aromatic rings. The van der Waals surface area contributed by atoms with Gasteiger partial charge in [-0.2, -0.15) is 0 Å². The molecule has 0 aliphatic rings. The number of aromatic nitrogens is 2. The molecule has 1 atom stereocenters. The smallest absolute Gasteiger partial charge is 0.332 e. The molecule has 0 saturated heterocycles. The van der Waals surface area contributed by atoms with E-state index in [2.05, 4.69) is 10.1 Å². The van der Waals surface area contributed by atoms with Gasteiger partial charge < -0.3 is 19.2 Å². The van der Waals surface area contributed by atoms with Crippen molar-refractivity contribution < 1.29 is 23.9 Å². The molecule has 7 heteroatoms. The van der Waals surface area contributed by atoms with Crippen molar-refractivity contribution in [2.45, 2.75) is 32.3 Å². The molecule has 7 nitrogen and oxygen atoms in total. The third-order valence-electron chi connectivity index (χ3n) is 4.84. The predicted octanol–water partition coefficient (Wildman–Crippen LogP) is 3.56. The van der Waals surface area contributed by atoms with Crippen molar-refractivity contribution in [1.29, 1.82) is 0 Å². The van der Waals surface area contributed by atoms with Crippen molar-refractivity contribution in [3.63, 3.8) is 0 Å². The van der Waals surface area contributed by atoms with Gasteiger partial charge in [0.15, 0.2) is 11.7 Å². The molecule has 2 aromatic heterocycles. The van der Waals surface area contributed by atoms with E-state index in [0.29, 0.717) is 29.9 Å². The number of aryl methyl sites for hydroxylation is 3. The fourth-order valence-corrected chi connectivity index (χ4v) is 3.25. The number of carboxylic acids is 1. The molecule has 0 radical (unpaired) electrons. The van der Waals surface area contributed by atoms with Gasteiger partial charge in [-0.3, -0.25) is 0 Å². The highest BCUT2D eigenvalue weighted by Gasteiger charge is 2.17. The van der Waals surface area contributed by atoms with Gasteiger partial charge in [-0.05, 0) is 49.6 Å². The summed E-state index contributed by atoms with van der Waals surface area (Å²) in [6.45, 7) is 1.90. The number of hydrogen-bond donors (Lipinski definition) is 2. The van der Waals surface area contributed by atoms with E-state index in [1.807, 2.05) is 43.3 Å². The van der Waals surface area contributed by atoms with Crippen LogP contribution in [0.4, 0.5) is 0 Å². The molecule has 0 amide bonds. The molecule has 2 heterocycles. The molecule has 0 fully saturated rings. The summed E-state index contributed by atoms with van der Waals surface area (Å²) >= 11 is 0. The quantitative estimate of drug-likeness (QED) is 0.495. The van der Waals surface area contributed by atoms with Gasteiger partial charge in [0.25, 0.3) is 0 Å². The molecule has 4 rings (SSSR count). The number of oxazole rings is 1. The summed E-state index contributed by atoms with van der Waals surface area (Å²) in [4.78, 5) is 15.4. The van der Waals surface area contributed by atoms with Crippen molar-refractivity contribution in [2.24, 2.45) is 0 Å². The van der Waals surface area contributed by atoms with Crippen LogP contribution in [-0.2, 0) is 24.1 Å². The van der Waals surface area contributed by atoms with Gasteiger partial charge in [-0.25, -0.2) is 9.78 Å². The first-order valence-electron chi connectivity index (χ1n) is 9.31. The van der Waals surface area contributed by atoms with Crippen LogP contribution < -0.4 is 0 Å². The van der Waals surface area contributed by atoms with Crippen LogP contribution in [0.5, 0.6) is 0 Å². The highest BCUT2D eigenvalue weighted by Crippen LogP contribution is 2.25. The standard InChI is InChI=1S/C22H20N2O5/c1-13-17(23-21(28-13)15-5-3-2-4-6-15)9-10-18-16-8-7-14(11-19(25)22(26)27)12-20(16)29-24-18/h2-8,12,19,25H,9-11H2,1H3,(H,26,27). The number of hydrogen-bond acceptors (Lipinski definition) is 6. The summed E-state index contributed by atoms with van der Waals surface area (Å²) in [5, 5.41) is 23.4. The predicted molar refractivity (Wildman–Crippen MR) is 105 cm³/mol. The number of aliphatic carboxylic acids is 1. The third kappa shape index (κ3) is 4.05. The van der Waals surface area contributed by atoms with Gasteiger partial charge in [0.1, 0.15) is 5.76 Å². The zero-order chi connectivity index (χ0) is 20.4. The fraction of sp³-hybridized carbons (Fsp3) is 0.227. The normalized spacial score (nSPS) is 12.3. The number of aliphatic hydroxyl groups is 1. The van der Waals surface area contributed by atoms with Crippen molar-refractivity contribution in [2.75, 3.05) is 0 Å². The Hall–Kier alpha value is -3.45. The van der Waals surface area contributed by atoms with Crippen LogP contribution in [0.1, 0.15) is 22.7 Å².